The second kappa shape index (κ2) is 4.44. The standard InChI is InChI=1S/C12H10N2O2/c15-9-11-7-4-8-14(13-11)12(16)10-5-2-1-3-6-10/h1-9,13H. The van der Waals surface area contributed by atoms with Crippen molar-refractivity contribution in [3.63, 3.8) is 0 Å². The maximum Gasteiger partial charge on any atom is 0.276 e. The minimum Gasteiger partial charge on any atom is -0.296 e. The van der Waals surface area contributed by atoms with Gasteiger partial charge in [-0.2, -0.15) is 0 Å². The molecule has 0 aromatic heterocycles. The molecule has 1 aliphatic heterocycles. The third-order valence-corrected chi connectivity index (χ3v) is 2.13. The van der Waals surface area contributed by atoms with E-state index in [1.54, 1.807) is 42.6 Å². The molecule has 0 unspecified atom stereocenters. The molecule has 0 bridgehead atoms. The summed E-state index contributed by atoms with van der Waals surface area (Å²) in [5, 5.41) is 1.28. The van der Waals surface area contributed by atoms with Crippen molar-refractivity contribution in [3.05, 3.63) is 59.9 Å². The van der Waals surface area contributed by atoms with E-state index in [2.05, 4.69) is 5.43 Å². The molecular weight excluding hydrogens is 204 g/mol. The van der Waals surface area contributed by atoms with Crippen molar-refractivity contribution >= 4 is 12.2 Å². The first-order valence-electron chi connectivity index (χ1n) is 4.80. The first-order valence-corrected chi connectivity index (χ1v) is 4.80. The van der Waals surface area contributed by atoms with Crippen molar-refractivity contribution in [2.45, 2.75) is 0 Å². The zero-order valence-corrected chi connectivity index (χ0v) is 8.46. The highest BCUT2D eigenvalue weighted by Crippen LogP contribution is 2.06. The molecule has 4 heteroatoms. The number of hydrazine groups is 1. The molecule has 0 fully saturated rings. The number of carbonyl (C=O) groups excluding carboxylic acids is 2. The van der Waals surface area contributed by atoms with Crippen LogP contribution in [0.4, 0.5) is 0 Å². The summed E-state index contributed by atoms with van der Waals surface area (Å²) < 4.78 is 0. The van der Waals surface area contributed by atoms with Crippen molar-refractivity contribution in [1.82, 2.24) is 10.4 Å². The van der Waals surface area contributed by atoms with Crippen LogP contribution in [-0.4, -0.2) is 17.2 Å². The van der Waals surface area contributed by atoms with Crippen molar-refractivity contribution in [1.29, 1.82) is 0 Å². The summed E-state index contributed by atoms with van der Waals surface area (Å²) in [6, 6.07) is 8.86. The second-order valence-corrected chi connectivity index (χ2v) is 3.23. The minimum atomic E-state index is -0.204. The topological polar surface area (TPSA) is 49.4 Å². The van der Waals surface area contributed by atoms with Gasteiger partial charge in [0.2, 0.25) is 0 Å². The third kappa shape index (κ3) is 2.00. The number of hydrogen-bond donors (Lipinski definition) is 1. The van der Waals surface area contributed by atoms with Crippen LogP contribution in [0.3, 0.4) is 0 Å². The van der Waals surface area contributed by atoms with Crippen molar-refractivity contribution in [2.24, 2.45) is 0 Å². The predicted octanol–water partition coefficient (Wildman–Crippen LogP) is 1.24. The summed E-state index contributed by atoms with van der Waals surface area (Å²) in [6.07, 6.45) is 5.47. The second-order valence-electron chi connectivity index (χ2n) is 3.23. The summed E-state index contributed by atoms with van der Waals surface area (Å²) in [6.45, 7) is 0. The molecule has 2 rings (SSSR count). The number of carbonyl (C=O) groups is 2. The van der Waals surface area contributed by atoms with Crippen LogP contribution in [0.25, 0.3) is 0 Å². The van der Waals surface area contributed by atoms with E-state index in [9.17, 15) is 9.59 Å². The van der Waals surface area contributed by atoms with Gasteiger partial charge in [-0.15, -0.1) is 0 Å². The van der Waals surface area contributed by atoms with Crippen molar-refractivity contribution < 1.29 is 9.59 Å². The van der Waals surface area contributed by atoms with Gasteiger partial charge in [-0.25, -0.2) is 5.01 Å². The zero-order chi connectivity index (χ0) is 11.4. The predicted molar refractivity (Wildman–Crippen MR) is 59.0 cm³/mol. The molecule has 0 atom stereocenters. The Bertz CT molecular complexity index is 463. The van der Waals surface area contributed by atoms with Gasteiger partial charge in [0.25, 0.3) is 5.91 Å². The Morgan fingerprint density at radius 3 is 2.69 bits per heavy atom. The number of amides is 1. The van der Waals surface area contributed by atoms with Crippen LogP contribution in [0, 0.1) is 0 Å². The molecule has 0 saturated carbocycles. The summed E-state index contributed by atoms with van der Waals surface area (Å²) in [7, 11) is 0. The van der Waals surface area contributed by atoms with Crippen molar-refractivity contribution in [2.75, 3.05) is 0 Å². The van der Waals surface area contributed by atoms with Gasteiger partial charge in [0.15, 0.2) is 6.29 Å². The Labute approximate surface area is 92.8 Å². The summed E-state index contributed by atoms with van der Waals surface area (Å²) in [4.78, 5) is 22.5. The van der Waals surface area contributed by atoms with E-state index >= 15 is 0 Å². The largest absolute Gasteiger partial charge is 0.296 e. The molecule has 1 heterocycles. The average molecular weight is 214 g/mol. The van der Waals surface area contributed by atoms with Crippen LogP contribution < -0.4 is 5.43 Å². The average Bonchev–Trinajstić information content (AvgIpc) is 2.39. The lowest BCUT2D eigenvalue weighted by molar-refractivity contribution is -0.105. The van der Waals surface area contributed by atoms with Gasteiger partial charge in [-0.1, -0.05) is 18.2 Å². The number of benzene rings is 1. The van der Waals surface area contributed by atoms with Crippen LogP contribution in [0.5, 0.6) is 0 Å². The quantitative estimate of drug-likeness (QED) is 0.753. The van der Waals surface area contributed by atoms with E-state index in [4.69, 9.17) is 0 Å². The summed E-state index contributed by atoms with van der Waals surface area (Å²) >= 11 is 0. The first kappa shape index (κ1) is 10.2. The molecule has 1 aromatic rings. The van der Waals surface area contributed by atoms with E-state index in [0.717, 1.165) is 0 Å². The highest BCUT2D eigenvalue weighted by molar-refractivity contribution is 5.95. The summed E-state index contributed by atoms with van der Waals surface area (Å²) in [5.41, 5.74) is 3.61. The number of nitrogens with zero attached hydrogens (tertiary/aromatic N) is 1. The third-order valence-electron chi connectivity index (χ3n) is 2.13. The monoisotopic (exact) mass is 214 g/mol. The lowest BCUT2D eigenvalue weighted by atomic mass is 10.2. The Balaban J connectivity index is 2.16. The number of allylic oxidation sites excluding steroid dienone is 3. The number of nitrogens with one attached hydrogen (secondary N) is 1. The number of rotatable bonds is 2. The van der Waals surface area contributed by atoms with Crippen LogP contribution in [0.1, 0.15) is 10.4 Å². The van der Waals surface area contributed by atoms with Gasteiger partial charge in [-0.3, -0.25) is 15.0 Å². The van der Waals surface area contributed by atoms with Crippen LogP contribution in [0.2, 0.25) is 0 Å². The smallest absolute Gasteiger partial charge is 0.276 e. The Morgan fingerprint density at radius 2 is 2.00 bits per heavy atom. The molecule has 0 radical (unpaired) electrons. The van der Waals surface area contributed by atoms with Crippen LogP contribution in [-0.2, 0) is 4.79 Å². The fourth-order valence-electron chi connectivity index (χ4n) is 1.35. The van der Waals surface area contributed by atoms with Gasteiger partial charge in [0, 0.05) is 11.8 Å². The van der Waals surface area contributed by atoms with E-state index in [-0.39, 0.29) is 5.91 Å². The van der Waals surface area contributed by atoms with Crippen LogP contribution in [0.15, 0.2) is 54.4 Å². The molecule has 4 nitrogen and oxygen atoms in total. The molecule has 1 aromatic carbocycles. The highest BCUT2D eigenvalue weighted by atomic mass is 16.2. The Hall–Kier alpha value is -2.36. The number of hydrogen-bond acceptors (Lipinski definition) is 3. The molecule has 0 spiro atoms. The molecule has 80 valence electrons. The van der Waals surface area contributed by atoms with Gasteiger partial charge < -0.3 is 0 Å². The molecule has 0 aliphatic carbocycles. The minimum absolute atomic E-state index is 0.204. The highest BCUT2D eigenvalue weighted by Gasteiger charge is 2.15. The lowest BCUT2D eigenvalue weighted by Gasteiger charge is -2.22. The number of aldehydes is 1. The zero-order valence-electron chi connectivity index (χ0n) is 8.46. The first-order chi connectivity index (χ1) is 7.81. The molecule has 0 saturated heterocycles. The maximum absolute atomic E-state index is 11.9. The SMILES string of the molecule is O=CC1=CC=CN(C(=O)c2ccccc2)N1. The lowest BCUT2D eigenvalue weighted by Crippen LogP contribution is -2.39. The van der Waals surface area contributed by atoms with E-state index in [0.29, 0.717) is 17.5 Å². The van der Waals surface area contributed by atoms with Gasteiger partial charge in [0.05, 0.1) is 5.70 Å². The molecule has 16 heavy (non-hydrogen) atoms. The maximum atomic E-state index is 11.9. The van der Waals surface area contributed by atoms with Gasteiger partial charge in [0.1, 0.15) is 0 Å². The molecular formula is C12H10N2O2. The fourth-order valence-corrected chi connectivity index (χ4v) is 1.35. The van der Waals surface area contributed by atoms with E-state index < -0.39 is 0 Å². The molecule has 1 aliphatic rings. The van der Waals surface area contributed by atoms with Crippen molar-refractivity contribution in [3.8, 4) is 0 Å². The normalized spacial score (nSPS) is 14.0. The summed E-state index contributed by atoms with van der Waals surface area (Å²) in [5.74, 6) is -0.204. The van der Waals surface area contributed by atoms with Crippen LogP contribution >= 0.6 is 0 Å². The van der Waals surface area contributed by atoms with Gasteiger partial charge in [-0.05, 0) is 24.3 Å². The Kier molecular flexibility index (Phi) is 2.82. The van der Waals surface area contributed by atoms with E-state index in [1.165, 1.54) is 5.01 Å². The van der Waals surface area contributed by atoms with E-state index in [1.807, 2.05) is 6.07 Å². The Morgan fingerprint density at radius 1 is 1.25 bits per heavy atom. The fraction of sp³-hybridized carbons (Fsp3) is 0. The van der Waals surface area contributed by atoms with Gasteiger partial charge >= 0.3 is 0 Å². The molecule has 1 amide bonds. The molecule has 1 N–H and O–H groups in total.